The Balaban J connectivity index is 1.51. The average Bonchev–Trinajstić information content (AvgIpc) is 2.82. The predicted molar refractivity (Wildman–Crippen MR) is 130 cm³/mol. The molecule has 0 atom stereocenters. The molecule has 0 radical (unpaired) electrons. The Labute approximate surface area is 209 Å². The van der Waals surface area contributed by atoms with Crippen molar-refractivity contribution in [3.05, 3.63) is 99.0 Å². The number of carbonyl (C=O) groups excluding carboxylic acids is 3. The molecule has 1 heterocycles. The summed E-state index contributed by atoms with van der Waals surface area (Å²) in [6, 6.07) is 15.9. The maximum absolute atomic E-state index is 13.0. The second-order valence-corrected chi connectivity index (χ2v) is 8.25. The fourth-order valence-electron chi connectivity index (χ4n) is 3.27. The van der Waals surface area contributed by atoms with E-state index in [4.69, 9.17) is 33.0 Å². The third-order valence-electron chi connectivity index (χ3n) is 5.07. The van der Waals surface area contributed by atoms with Gasteiger partial charge in [0.25, 0.3) is 11.8 Å². The van der Waals surface area contributed by atoms with Gasteiger partial charge in [-0.2, -0.15) is 0 Å². The van der Waals surface area contributed by atoms with Gasteiger partial charge >= 0.3 is 12.0 Å². The molecule has 3 aromatic carbocycles. The van der Waals surface area contributed by atoms with Crippen LogP contribution in [0.2, 0.25) is 10.0 Å². The first kappa shape index (κ1) is 24.0. The largest absolute Gasteiger partial charge is 0.489 e. The quantitative estimate of drug-likeness (QED) is 0.358. The molecule has 0 saturated carbocycles. The lowest BCUT2D eigenvalue weighted by Gasteiger charge is -2.26. The molecule has 176 valence electrons. The summed E-state index contributed by atoms with van der Waals surface area (Å²) < 4.78 is 5.73. The third-order valence-corrected chi connectivity index (χ3v) is 5.66. The number of nitrogens with one attached hydrogen (secondary N) is 1. The van der Waals surface area contributed by atoms with E-state index in [0.717, 1.165) is 10.5 Å². The number of ether oxygens (including phenoxy) is 1. The van der Waals surface area contributed by atoms with Crippen LogP contribution in [0, 0.1) is 0 Å². The molecule has 1 aliphatic heterocycles. The topological polar surface area (TPSA) is 113 Å². The molecule has 1 fully saturated rings. The Kier molecular flexibility index (Phi) is 6.86. The predicted octanol–water partition coefficient (Wildman–Crippen LogP) is 4.94. The second-order valence-electron chi connectivity index (χ2n) is 7.40. The molecule has 0 aromatic heterocycles. The van der Waals surface area contributed by atoms with Crippen molar-refractivity contribution in [2.45, 2.75) is 6.61 Å². The number of anilines is 1. The molecule has 10 heteroatoms. The normalized spacial score (nSPS) is 14.7. The van der Waals surface area contributed by atoms with Crippen molar-refractivity contribution < 1.29 is 29.0 Å². The number of nitrogens with zero attached hydrogens (tertiary/aromatic N) is 1. The second kappa shape index (κ2) is 10.0. The van der Waals surface area contributed by atoms with Crippen molar-refractivity contribution in [1.82, 2.24) is 5.32 Å². The monoisotopic (exact) mass is 510 g/mol. The van der Waals surface area contributed by atoms with Gasteiger partial charge in [-0.1, -0.05) is 41.4 Å². The number of hydrogen-bond donors (Lipinski definition) is 2. The molecule has 0 aliphatic carbocycles. The van der Waals surface area contributed by atoms with Crippen LogP contribution in [0.5, 0.6) is 5.75 Å². The van der Waals surface area contributed by atoms with Gasteiger partial charge in [0.05, 0.1) is 11.3 Å². The van der Waals surface area contributed by atoms with E-state index in [1.165, 1.54) is 30.3 Å². The van der Waals surface area contributed by atoms with Gasteiger partial charge < -0.3 is 9.84 Å². The fourth-order valence-corrected chi connectivity index (χ4v) is 3.73. The summed E-state index contributed by atoms with van der Waals surface area (Å²) in [5, 5.41) is 12.2. The van der Waals surface area contributed by atoms with Crippen molar-refractivity contribution in [2.75, 3.05) is 4.90 Å². The van der Waals surface area contributed by atoms with Gasteiger partial charge in [-0.15, -0.1) is 0 Å². The minimum atomic E-state index is -1.15. The summed E-state index contributed by atoms with van der Waals surface area (Å²) in [6.45, 7) is 0.217. The highest BCUT2D eigenvalue weighted by atomic mass is 35.5. The van der Waals surface area contributed by atoms with E-state index >= 15 is 0 Å². The molecule has 1 saturated heterocycles. The lowest BCUT2D eigenvalue weighted by molar-refractivity contribution is -0.122. The standard InChI is InChI=1S/C25H16Cl2N2O6/c26-17-6-3-16(21(27)12-17)13-35-19-9-1-14(2-10-19)11-20-22(30)28-25(34)29(23(20)31)18-7-4-15(5-8-18)24(32)33/h1-12H,13H2,(H,32,33)(H,28,30,34)/b20-11+. The molecule has 2 N–H and O–H groups in total. The summed E-state index contributed by atoms with van der Waals surface area (Å²) in [6.07, 6.45) is 1.35. The zero-order chi connectivity index (χ0) is 25.1. The van der Waals surface area contributed by atoms with E-state index in [-0.39, 0.29) is 23.4 Å². The van der Waals surface area contributed by atoms with E-state index in [2.05, 4.69) is 5.32 Å². The van der Waals surface area contributed by atoms with Crippen molar-refractivity contribution in [1.29, 1.82) is 0 Å². The van der Waals surface area contributed by atoms with Gasteiger partial charge in [-0.05, 0) is 60.2 Å². The zero-order valence-electron chi connectivity index (χ0n) is 17.8. The molecule has 0 unspecified atom stereocenters. The fraction of sp³-hybridized carbons (Fsp3) is 0.0400. The van der Waals surface area contributed by atoms with Crippen LogP contribution in [0.4, 0.5) is 10.5 Å². The number of rotatable bonds is 6. The Hall–Kier alpha value is -4.14. The van der Waals surface area contributed by atoms with E-state index < -0.39 is 23.8 Å². The Morgan fingerprint density at radius 3 is 2.29 bits per heavy atom. The van der Waals surface area contributed by atoms with E-state index in [9.17, 15) is 19.2 Å². The number of hydrogen-bond acceptors (Lipinski definition) is 5. The van der Waals surface area contributed by atoms with Gasteiger partial charge in [0, 0.05) is 15.6 Å². The van der Waals surface area contributed by atoms with Gasteiger partial charge in [-0.25, -0.2) is 14.5 Å². The Morgan fingerprint density at radius 2 is 1.66 bits per heavy atom. The van der Waals surface area contributed by atoms with Gasteiger partial charge in [0.2, 0.25) is 0 Å². The Morgan fingerprint density at radius 1 is 0.971 bits per heavy atom. The number of carboxylic acids is 1. The van der Waals surface area contributed by atoms with Gasteiger partial charge in [0.1, 0.15) is 17.9 Å². The summed E-state index contributed by atoms with van der Waals surface area (Å²) >= 11 is 12.0. The zero-order valence-corrected chi connectivity index (χ0v) is 19.3. The first-order valence-corrected chi connectivity index (χ1v) is 10.9. The molecule has 3 aromatic rings. The summed E-state index contributed by atoms with van der Waals surface area (Å²) in [4.78, 5) is 49.4. The number of urea groups is 1. The lowest BCUT2D eigenvalue weighted by atomic mass is 10.1. The highest BCUT2D eigenvalue weighted by Crippen LogP contribution is 2.25. The number of carbonyl (C=O) groups is 4. The van der Waals surface area contributed by atoms with E-state index in [1.54, 1.807) is 42.5 Å². The van der Waals surface area contributed by atoms with Crippen LogP contribution in [-0.2, 0) is 16.2 Å². The minimum Gasteiger partial charge on any atom is -0.489 e. The smallest absolute Gasteiger partial charge is 0.335 e. The van der Waals surface area contributed by atoms with Gasteiger partial charge in [-0.3, -0.25) is 14.9 Å². The lowest BCUT2D eigenvalue weighted by Crippen LogP contribution is -2.54. The molecule has 8 nitrogen and oxygen atoms in total. The number of benzene rings is 3. The highest BCUT2D eigenvalue weighted by Gasteiger charge is 2.36. The summed E-state index contributed by atoms with van der Waals surface area (Å²) in [5.41, 5.74) is 1.14. The van der Waals surface area contributed by atoms with Crippen LogP contribution in [0.3, 0.4) is 0 Å². The van der Waals surface area contributed by atoms with Crippen LogP contribution >= 0.6 is 23.2 Å². The molecule has 0 spiro atoms. The molecule has 4 rings (SSSR count). The number of barbiturate groups is 1. The van der Waals surface area contributed by atoms with Gasteiger partial charge in [0.15, 0.2) is 0 Å². The van der Waals surface area contributed by atoms with Crippen LogP contribution < -0.4 is 15.0 Å². The first-order valence-electron chi connectivity index (χ1n) is 10.1. The number of halogens is 2. The van der Waals surface area contributed by atoms with Crippen molar-refractivity contribution in [3.8, 4) is 5.75 Å². The molecule has 0 bridgehead atoms. The number of amides is 4. The molecular weight excluding hydrogens is 495 g/mol. The summed E-state index contributed by atoms with van der Waals surface area (Å²) in [7, 11) is 0. The number of aromatic carboxylic acids is 1. The Bertz CT molecular complexity index is 1370. The maximum atomic E-state index is 13.0. The minimum absolute atomic E-state index is 0.00824. The van der Waals surface area contributed by atoms with Crippen LogP contribution in [0.25, 0.3) is 6.08 Å². The first-order chi connectivity index (χ1) is 16.7. The SMILES string of the molecule is O=C1NC(=O)N(c2ccc(C(=O)O)cc2)C(=O)/C1=C/c1ccc(OCc2ccc(Cl)cc2Cl)cc1. The van der Waals surface area contributed by atoms with Crippen LogP contribution in [0.15, 0.2) is 72.3 Å². The molecule has 4 amide bonds. The van der Waals surface area contributed by atoms with Crippen molar-refractivity contribution >= 4 is 58.8 Å². The number of carboxylic acid groups (broad SMARTS) is 1. The number of imide groups is 2. The van der Waals surface area contributed by atoms with Crippen LogP contribution in [0.1, 0.15) is 21.5 Å². The summed E-state index contributed by atoms with van der Waals surface area (Å²) in [5.74, 6) is -2.28. The highest BCUT2D eigenvalue weighted by molar-refractivity contribution is 6.39. The maximum Gasteiger partial charge on any atom is 0.335 e. The average molecular weight is 511 g/mol. The van der Waals surface area contributed by atoms with Crippen LogP contribution in [-0.4, -0.2) is 28.9 Å². The van der Waals surface area contributed by atoms with Crippen molar-refractivity contribution in [2.24, 2.45) is 0 Å². The van der Waals surface area contributed by atoms with E-state index in [1.807, 2.05) is 0 Å². The molecule has 1 aliphatic rings. The third kappa shape index (κ3) is 5.34. The molecule has 35 heavy (non-hydrogen) atoms. The van der Waals surface area contributed by atoms with E-state index in [0.29, 0.717) is 21.4 Å². The molecular formula is C25H16Cl2N2O6. The van der Waals surface area contributed by atoms with Crippen molar-refractivity contribution in [3.63, 3.8) is 0 Å².